The summed E-state index contributed by atoms with van der Waals surface area (Å²) in [5, 5.41) is 19.2. The van der Waals surface area contributed by atoms with Crippen molar-refractivity contribution in [3.63, 3.8) is 0 Å². The molecule has 0 aliphatic heterocycles. The minimum atomic E-state index is -0.352. The van der Waals surface area contributed by atoms with Crippen molar-refractivity contribution >= 4 is 5.91 Å². The molecule has 0 aromatic carbocycles. The molecule has 0 saturated heterocycles. The molecule has 0 aliphatic rings. The Morgan fingerprint density at radius 1 is 1.69 bits per heavy atom. The van der Waals surface area contributed by atoms with Crippen LogP contribution in [0.5, 0.6) is 0 Å². The van der Waals surface area contributed by atoms with Gasteiger partial charge in [-0.15, -0.1) is 5.10 Å². The maximum atomic E-state index is 11.5. The molecule has 1 unspecified atom stereocenters. The third kappa shape index (κ3) is 3.30. The van der Waals surface area contributed by atoms with Crippen LogP contribution >= 0.6 is 0 Å². The van der Waals surface area contributed by atoms with Crippen LogP contribution in [0, 0.1) is 0 Å². The molecule has 1 rings (SSSR count). The fourth-order valence-corrected chi connectivity index (χ4v) is 1.32. The monoisotopic (exact) mass is 226 g/mol. The Morgan fingerprint density at radius 3 is 3.06 bits per heavy atom. The van der Waals surface area contributed by atoms with E-state index in [2.05, 4.69) is 15.6 Å². The van der Waals surface area contributed by atoms with Crippen molar-refractivity contribution in [2.24, 2.45) is 0 Å². The van der Waals surface area contributed by atoms with Gasteiger partial charge in [0.15, 0.2) is 0 Å². The van der Waals surface area contributed by atoms with Gasteiger partial charge in [0.2, 0.25) is 5.91 Å². The molecule has 0 bridgehead atoms. The summed E-state index contributed by atoms with van der Waals surface area (Å²) in [6.45, 7) is 4.39. The zero-order valence-electron chi connectivity index (χ0n) is 9.68. The second-order valence-electron chi connectivity index (χ2n) is 3.59. The summed E-state index contributed by atoms with van der Waals surface area (Å²) in [4.78, 5) is 11.5. The molecule has 1 heterocycles. The Hall–Kier alpha value is -1.43. The van der Waals surface area contributed by atoms with Crippen LogP contribution in [0.2, 0.25) is 0 Å². The molecular formula is C10H18N4O2. The smallest absolute Gasteiger partial charge is 0.244 e. The van der Waals surface area contributed by atoms with Crippen LogP contribution in [-0.4, -0.2) is 39.2 Å². The van der Waals surface area contributed by atoms with E-state index in [9.17, 15) is 4.79 Å². The highest BCUT2D eigenvalue weighted by Crippen LogP contribution is 2.05. The second-order valence-corrected chi connectivity index (χ2v) is 3.59. The van der Waals surface area contributed by atoms with E-state index in [-0.39, 0.29) is 18.6 Å². The summed E-state index contributed by atoms with van der Waals surface area (Å²) >= 11 is 0. The van der Waals surface area contributed by atoms with Gasteiger partial charge in [-0.2, -0.15) is 0 Å². The number of hydrogen-bond donors (Lipinski definition) is 2. The molecule has 0 saturated carbocycles. The van der Waals surface area contributed by atoms with Crippen molar-refractivity contribution in [1.82, 2.24) is 20.3 Å². The summed E-state index contributed by atoms with van der Waals surface area (Å²) in [6.07, 6.45) is 3.09. The highest BCUT2D eigenvalue weighted by Gasteiger charge is 2.15. The van der Waals surface area contributed by atoms with Gasteiger partial charge < -0.3 is 10.4 Å². The van der Waals surface area contributed by atoms with E-state index in [0.29, 0.717) is 19.4 Å². The SMILES string of the molecule is CCNC(=O)C(C)n1cc(CCCO)nn1. The summed E-state index contributed by atoms with van der Waals surface area (Å²) in [6, 6.07) is -0.352. The zero-order valence-corrected chi connectivity index (χ0v) is 9.68. The van der Waals surface area contributed by atoms with E-state index in [0.717, 1.165) is 5.69 Å². The molecule has 0 fully saturated rings. The number of aliphatic hydroxyl groups excluding tert-OH is 1. The predicted octanol–water partition coefficient (Wildman–Crippen LogP) is -0.0999. The average Bonchev–Trinajstić information content (AvgIpc) is 2.74. The Labute approximate surface area is 94.7 Å². The number of carbonyl (C=O) groups excluding carboxylic acids is 1. The molecule has 1 aromatic heterocycles. The van der Waals surface area contributed by atoms with E-state index < -0.39 is 0 Å². The molecular weight excluding hydrogens is 208 g/mol. The zero-order chi connectivity index (χ0) is 12.0. The van der Waals surface area contributed by atoms with Crippen LogP contribution in [0.15, 0.2) is 6.20 Å². The van der Waals surface area contributed by atoms with Crippen molar-refractivity contribution in [3.05, 3.63) is 11.9 Å². The standard InChI is InChI=1S/C10H18N4O2/c1-3-11-10(16)8(2)14-7-9(12-13-14)5-4-6-15/h7-8,15H,3-6H2,1-2H3,(H,11,16). The number of rotatable bonds is 6. The first kappa shape index (κ1) is 12.6. The number of hydrogen-bond acceptors (Lipinski definition) is 4. The summed E-state index contributed by atoms with van der Waals surface area (Å²) in [5.41, 5.74) is 0.796. The van der Waals surface area contributed by atoms with Gasteiger partial charge in [-0.05, 0) is 26.7 Å². The van der Waals surface area contributed by atoms with Crippen molar-refractivity contribution in [1.29, 1.82) is 0 Å². The molecule has 2 N–H and O–H groups in total. The quantitative estimate of drug-likeness (QED) is 0.710. The van der Waals surface area contributed by atoms with Crippen LogP contribution in [0.4, 0.5) is 0 Å². The van der Waals surface area contributed by atoms with E-state index in [4.69, 9.17) is 5.11 Å². The van der Waals surface area contributed by atoms with E-state index in [1.165, 1.54) is 4.68 Å². The normalized spacial score (nSPS) is 12.4. The topological polar surface area (TPSA) is 80.0 Å². The van der Waals surface area contributed by atoms with Crippen molar-refractivity contribution in [2.75, 3.05) is 13.2 Å². The van der Waals surface area contributed by atoms with Gasteiger partial charge in [0.1, 0.15) is 6.04 Å². The van der Waals surface area contributed by atoms with Gasteiger partial charge in [-0.1, -0.05) is 5.21 Å². The van der Waals surface area contributed by atoms with Crippen molar-refractivity contribution < 1.29 is 9.90 Å². The maximum Gasteiger partial charge on any atom is 0.244 e. The van der Waals surface area contributed by atoms with Crippen molar-refractivity contribution in [2.45, 2.75) is 32.7 Å². The minimum Gasteiger partial charge on any atom is -0.396 e. The first-order chi connectivity index (χ1) is 7.69. The number of amides is 1. The number of aromatic nitrogens is 3. The lowest BCUT2D eigenvalue weighted by Gasteiger charge is -2.09. The predicted molar refractivity (Wildman–Crippen MR) is 58.8 cm³/mol. The third-order valence-corrected chi connectivity index (χ3v) is 2.28. The van der Waals surface area contributed by atoms with Gasteiger partial charge in [0, 0.05) is 19.3 Å². The summed E-state index contributed by atoms with van der Waals surface area (Å²) in [7, 11) is 0. The van der Waals surface area contributed by atoms with E-state index in [1.807, 2.05) is 6.92 Å². The summed E-state index contributed by atoms with van der Waals surface area (Å²) < 4.78 is 1.54. The largest absolute Gasteiger partial charge is 0.396 e. The molecule has 1 amide bonds. The molecule has 6 heteroatoms. The number of likely N-dealkylation sites (N-methyl/N-ethyl adjacent to an activating group) is 1. The Bertz CT molecular complexity index is 337. The van der Waals surface area contributed by atoms with Gasteiger partial charge in [-0.3, -0.25) is 4.79 Å². The minimum absolute atomic E-state index is 0.0684. The molecule has 0 radical (unpaired) electrons. The molecule has 0 spiro atoms. The van der Waals surface area contributed by atoms with E-state index in [1.54, 1.807) is 13.1 Å². The second kappa shape index (κ2) is 6.22. The Kier molecular flexibility index (Phi) is 4.91. The van der Waals surface area contributed by atoms with Crippen LogP contribution in [-0.2, 0) is 11.2 Å². The van der Waals surface area contributed by atoms with Gasteiger partial charge >= 0.3 is 0 Å². The fraction of sp³-hybridized carbons (Fsp3) is 0.700. The van der Waals surface area contributed by atoms with Crippen LogP contribution in [0.3, 0.4) is 0 Å². The first-order valence-corrected chi connectivity index (χ1v) is 5.48. The lowest BCUT2D eigenvalue weighted by Crippen LogP contribution is -2.31. The third-order valence-electron chi connectivity index (χ3n) is 2.28. The van der Waals surface area contributed by atoms with Gasteiger partial charge in [0.05, 0.1) is 5.69 Å². The number of aryl methyl sites for hydroxylation is 1. The molecule has 90 valence electrons. The van der Waals surface area contributed by atoms with Crippen molar-refractivity contribution in [3.8, 4) is 0 Å². The molecule has 1 aromatic rings. The van der Waals surface area contributed by atoms with E-state index >= 15 is 0 Å². The number of carbonyl (C=O) groups is 1. The first-order valence-electron chi connectivity index (χ1n) is 5.48. The van der Waals surface area contributed by atoms with Crippen LogP contribution in [0.25, 0.3) is 0 Å². The number of aliphatic hydroxyl groups is 1. The average molecular weight is 226 g/mol. The molecule has 0 aliphatic carbocycles. The van der Waals surface area contributed by atoms with Gasteiger partial charge in [-0.25, -0.2) is 4.68 Å². The highest BCUT2D eigenvalue weighted by molar-refractivity contribution is 5.79. The fourth-order valence-electron chi connectivity index (χ4n) is 1.32. The number of nitrogens with one attached hydrogen (secondary N) is 1. The van der Waals surface area contributed by atoms with Gasteiger partial charge in [0.25, 0.3) is 0 Å². The van der Waals surface area contributed by atoms with Crippen LogP contribution < -0.4 is 5.32 Å². The Morgan fingerprint density at radius 2 is 2.44 bits per heavy atom. The number of nitrogens with zero attached hydrogens (tertiary/aromatic N) is 3. The maximum absolute atomic E-state index is 11.5. The lowest BCUT2D eigenvalue weighted by atomic mass is 10.2. The molecule has 1 atom stereocenters. The van der Waals surface area contributed by atoms with Crippen LogP contribution in [0.1, 0.15) is 32.0 Å². The summed E-state index contributed by atoms with van der Waals surface area (Å²) in [5.74, 6) is -0.0684. The molecule has 16 heavy (non-hydrogen) atoms. The molecule has 6 nitrogen and oxygen atoms in total. The Balaban J connectivity index is 2.59. The lowest BCUT2D eigenvalue weighted by molar-refractivity contribution is -0.124. The highest BCUT2D eigenvalue weighted by atomic mass is 16.2.